The second-order valence-corrected chi connectivity index (χ2v) is 5.91. The molecule has 0 aliphatic carbocycles. The number of rotatable bonds is 5. The van der Waals surface area contributed by atoms with Crippen LogP contribution in [-0.2, 0) is 6.54 Å². The van der Waals surface area contributed by atoms with Crippen LogP contribution in [0.15, 0.2) is 42.5 Å². The zero-order chi connectivity index (χ0) is 13.0. The van der Waals surface area contributed by atoms with Crippen molar-refractivity contribution < 1.29 is 5.11 Å². The molecule has 2 rings (SSSR count). The number of nitrogens with one attached hydrogen (secondary N) is 1. The summed E-state index contributed by atoms with van der Waals surface area (Å²) in [5.74, 6) is 0. The quantitative estimate of drug-likeness (QED) is 0.866. The Morgan fingerprint density at radius 3 is 2.50 bits per heavy atom. The fourth-order valence-corrected chi connectivity index (χ4v) is 2.73. The van der Waals surface area contributed by atoms with E-state index in [1.807, 2.05) is 37.3 Å². The smallest absolute Gasteiger partial charge is 0.0940 e. The maximum Gasteiger partial charge on any atom is 0.0940 e. The van der Waals surface area contributed by atoms with Gasteiger partial charge in [0.05, 0.1) is 6.10 Å². The van der Waals surface area contributed by atoms with Gasteiger partial charge in [0.2, 0.25) is 0 Å². The van der Waals surface area contributed by atoms with E-state index in [0.717, 1.165) is 12.1 Å². The van der Waals surface area contributed by atoms with Crippen LogP contribution in [0.1, 0.15) is 28.3 Å². The first-order valence-corrected chi connectivity index (χ1v) is 7.00. The van der Waals surface area contributed by atoms with Crippen molar-refractivity contribution in [2.24, 2.45) is 0 Å². The molecule has 0 spiro atoms. The fourth-order valence-electron chi connectivity index (χ4n) is 1.89. The molecule has 18 heavy (non-hydrogen) atoms. The third-order valence-electron chi connectivity index (χ3n) is 3.01. The normalized spacial score (nSPS) is 14.4. The molecule has 2 atom stereocenters. The molecule has 96 valence electrons. The summed E-state index contributed by atoms with van der Waals surface area (Å²) in [5.41, 5.74) is 0.958. The Morgan fingerprint density at radius 1 is 1.17 bits per heavy atom. The lowest BCUT2D eigenvalue weighted by atomic mass is 10.0. The van der Waals surface area contributed by atoms with Crippen molar-refractivity contribution >= 4 is 11.3 Å². The van der Waals surface area contributed by atoms with Crippen LogP contribution in [0.2, 0.25) is 0 Å². The Labute approximate surface area is 112 Å². The van der Waals surface area contributed by atoms with Gasteiger partial charge in [0.1, 0.15) is 0 Å². The molecule has 0 radical (unpaired) electrons. The minimum Gasteiger partial charge on any atom is -0.387 e. The average molecular weight is 261 g/mol. The topological polar surface area (TPSA) is 32.3 Å². The molecule has 0 saturated carbocycles. The molecule has 3 heteroatoms. The lowest BCUT2D eigenvalue weighted by Crippen LogP contribution is -2.31. The molecule has 2 N–H and O–H groups in total. The van der Waals surface area contributed by atoms with Crippen molar-refractivity contribution in [1.82, 2.24) is 5.32 Å². The van der Waals surface area contributed by atoms with Crippen LogP contribution in [0.5, 0.6) is 0 Å². The van der Waals surface area contributed by atoms with Crippen molar-refractivity contribution in [3.05, 3.63) is 57.8 Å². The van der Waals surface area contributed by atoms with Gasteiger partial charge in [0.25, 0.3) is 0 Å². The summed E-state index contributed by atoms with van der Waals surface area (Å²) >= 11 is 1.79. The first-order chi connectivity index (χ1) is 8.66. The predicted molar refractivity (Wildman–Crippen MR) is 76.8 cm³/mol. The van der Waals surface area contributed by atoms with Crippen molar-refractivity contribution in [1.29, 1.82) is 0 Å². The zero-order valence-electron chi connectivity index (χ0n) is 10.8. The van der Waals surface area contributed by atoms with Crippen LogP contribution in [-0.4, -0.2) is 11.1 Å². The standard InChI is InChI=1S/C15H19NOS/c1-11-8-9-14(18-11)10-16-12(2)15(17)13-6-4-3-5-7-13/h3-9,12,15-17H,10H2,1-2H3/t12-,15-/m1/s1. The van der Waals surface area contributed by atoms with E-state index >= 15 is 0 Å². The maximum atomic E-state index is 10.2. The van der Waals surface area contributed by atoms with Crippen LogP contribution >= 0.6 is 11.3 Å². The fraction of sp³-hybridized carbons (Fsp3) is 0.333. The van der Waals surface area contributed by atoms with Crippen molar-refractivity contribution in [3.63, 3.8) is 0 Å². The Morgan fingerprint density at radius 2 is 1.89 bits per heavy atom. The number of hydrogen-bond donors (Lipinski definition) is 2. The van der Waals surface area contributed by atoms with Crippen LogP contribution < -0.4 is 5.32 Å². The molecule has 0 bridgehead atoms. The number of hydrogen-bond acceptors (Lipinski definition) is 3. The first-order valence-electron chi connectivity index (χ1n) is 6.18. The second kappa shape index (κ2) is 6.14. The molecule has 2 nitrogen and oxygen atoms in total. The first kappa shape index (κ1) is 13.3. The highest BCUT2D eigenvalue weighted by atomic mass is 32.1. The highest BCUT2D eigenvalue weighted by Gasteiger charge is 2.15. The molecule has 0 fully saturated rings. The third kappa shape index (κ3) is 3.42. The Kier molecular flexibility index (Phi) is 4.53. The summed E-state index contributed by atoms with van der Waals surface area (Å²) in [4.78, 5) is 2.63. The number of aliphatic hydroxyl groups is 1. The summed E-state index contributed by atoms with van der Waals surface area (Å²) < 4.78 is 0. The lowest BCUT2D eigenvalue weighted by molar-refractivity contribution is 0.135. The molecule has 0 saturated heterocycles. The SMILES string of the molecule is Cc1ccc(CN[C@H](C)[C@@H](O)c2ccccc2)s1. The van der Waals surface area contributed by atoms with Gasteiger partial charge in [-0.05, 0) is 31.5 Å². The molecular formula is C15H19NOS. The van der Waals surface area contributed by atoms with Gasteiger partial charge in [-0.15, -0.1) is 11.3 Å². The summed E-state index contributed by atoms with van der Waals surface area (Å²) in [7, 11) is 0. The Hall–Kier alpha value is -1.16. The molecule has 2 aromatic rings. The van der Waals surface area contributed by atoms with Gasteiger partial charge in [-0.1, -0.05) is 30.3 Å². The largest absolute Gasteiger partial charge is 0.387 e. The Bertz CT molecular complexity index is 480. The molecule has 1 aromatic heterocycles. The monoisotopic (exact) mass is 261 g/mol. The van der Waals surface area contributed by atoms with E-state index in [9.17, 15) is 5.11 Å². The van der Waals surface area contributed by atoms with Crippen LogP contribution in [0, 0.1) is 6.92 Å². The highest BCUT2D eigenvalue weighted by molar-refractivity contribution is 7.11. The van der Waals surface area contributed by atoms with Crippen LogP contribution in [0.25, 0.3) is 0 Å². The van der Waals surface area contributed by atoms with Gasteiger partial charge in [0, 0.05) is 22.3 Å². The lowest BCUT2D eigenvalue weighted by Gasteiger charge is -2.20. The molecule has 0 aliphatic rings. The summed E-state index contributed by atoms with van der Waals surface area (Å²) in [6, 6.07) is 14.1. The van der Waals surface area contributed by atoms with Crippen molar-refractivity contribution in [2.45, 2.75) is 32.5 Å². The van der Waals surface area contributed by atoms with E-state index in [0.29, 0.717) is 0 Å². The number of aryl methyl sites for hydroxylation is 1. The molecular weight excluding hydrogens is 242 g/mol. The predicted octanol–water partition coefficient (Wildman–Crippen LogP) is 3.27. The number of aliphatic hydroxyl groups excluding tert-OH is 1. The van der Waals surface area contributed by atoms with Gasteiger partial charge in [0.15, 0.2) is 0 Å². The van der Waals surface area contributed by atoms with E-state index < -0.39 is 6.10 Å². The average Bonchev–Trinajstić information content (AvgIpc) is 2.82. The summed E-state index contributed by atoms with van der Waals surface area (Å²) in [6.45, 7) is 4.93. The van der Waals surface area contributed by atoms with E-state index in [4.69, 9.17) is 0 Å². The summed E-state index contributed by atoms with van der Waals surface area (Å²) in [5, 5.41) is 13.6. The molecule has 1 heterocycles. The zero-order valence-corrected chi connectivity index (χ0v) is 11.6. The van der Waals surface area contributed by atoms with Gasteiger partial charge in [-0.2, -0.15) is 0 Å². The van der Waals surface area contributed by atoms with E-state index in [1.165, 1.54) is 9.75 Å². The van der Waals surface area contributed by atoms with Gasteiger partial charge >= 0.3 is 0 Å². The van der Waals surface area contributed by atoms with E-state index in [-0.39, 0.29) is 6.04 Å². The number of benzene rings is 1. The highest BCUT2D eigenvalue weighted by Crippen LogP contribution is 2.18. The van der Waals surface area contributed by atoms with E-state index in [1.54, 1.807) is 11.3 Å². The molecule has 0 amide bonds. The van der Waals surface area contributed by atoms with Crippen molar-refractivity contribution in [3.8, 4) is 0 Å². The van der Waals surface area contributed by atoms with Crippen molar-refractivity contribution in [2.75, 3.05) is 0 Å². The van der Waals surface area contributed by atoms with Gasteiger partial charge in [-0.3, -0.25) is 0 Å². The molecule has 0 aliphatic heterocycles. The second-order valence-electron chi connectivity index (χ2n) is 4.54. The van der Waals surface area contributed by atoms with E-state index in [2.05, 4.69) is 24.4 Å². The maximum absolute atomic E-state index is 10.2. The van der Waals surface area contributed by atoms with Crippen LogP contribution in [0.3, 0.4) is 0 Å². The van der Waals surface area contributed by atoms with Gasteiger partial charge in [-0.25, -0.2) is 0 Å². The minimum absolute atomic E-state index is 0.0369. The Balaban J connectivity index is 1.90. The van der Waals surface area contributed by atoms with Gasteiger partial charge < -0.3 is 10.4 Å². The molecule has 0 unspecified atom stereocenters. The third-order valence-corrected chi connectivity index (χ3v) is 4.01. The molecule has 1 aromatic carbocycles. The number of thiophene rings is 1. The summed E-state index contributed by atoms with van der Waals surface area (Å²) in [6.07, 6.45) is -0.466. The minimum atomic E-state index is -0.466. The van der Waals surface area contributed by atoms with Crippen LogP contribution in [0.4, 0.5) is 0 Å².